The van der Waals surface area contributed by atoms with E-state index in [4.69, 9.17) is 4.52 Å². The largest absolute Gasteiger partial charge is 0.433 e. The first-order chi connectivity index (χ1) is 11.3. The van der Waals surface area contributed by atoms with Crippen LogP contribution in [0.5, 0.6) is 0 Å². The van der Waals surface area contributed by atoms with Gasteiger partial charge in [-0.3, -0.25) is 4.79 Å². The van der Waals surface area contributed by atoms with Crippen molar-refractivity contribution >= 4 is 5.91 Å². The smallest absolute Gasteiger partial charge is 0.340 e. The van der Waals surface area contributed by atoms with Crippen LogP contribution in [0.2, 0.25) is 0 Å². The molecule has 9 heteroatoms. The van der Waals surface area contributed by atoms with E-state index in [1.54, 1.807) is 11.8 Å². The standard InChI is InChI=1S/C15H15F3N4O2/c1-8-10(5-6-12(19-8)15(16,17)18)14(23)22-7-3-4-11(22)13-20-9(2)24-21-13/h5-6,11H,3-4,7H2,1-2H3. The molecule has 0 spiro atoms. The van der Waals surface area contributed by atoms with E-state index in [1.807, 2.05) is 0 Å². The molecule has 1 aliphatic rings. The zero-order chi connectivity index (χ0) is 17.5. The van der Waals surface area contributed by atoms with Gasteiger partial charge in [0, 0.05) is 13.5 Å². The summed E-state index contributed by atoms with van der Waals surface area (Å²) in [6, 6.07) is 1.66. The van der Waals surface area contributed by atoms with Crippen molar-refractivity contribution < 1.29 is 22.5 Å². The summed E-state index contributed by atoms with van der Waals surface area (Å²) in [5.74, 6) is 0.436. The summed E-state index contributed by atoms with van der Waals surface area (Å²) in [6.45, 7) is 3.53. The summed E-state index contributed by atoms with van der Waals surface area (Å²) >= 11 is 0. The molecule has 1 atom stereocenters. The van der Waals surface area contributed by atoms with Gasteiger partial charge in [-0.05, 0) is 31.9 Å². The first kappa shape index (κ1) is 16.4. The molecule has 0 aromatic carbocycles. The van der Waals surface area contributed by atoms with E-state index in [1.165, 1.54) is 13.0 Å². The maximum atomic E-state index is 12.7. The van der Waals surface area contributed by atoms with E-state index in [9.17, 15) is 18.0 Å². The third-order valence-electron chi connectivity index (χ3n) is 3.96. The van der Waals surface area contributed by atoms with Gasteiger partial charge in [-0.1, -0.05) is 5.16 Å². The summed E-state index contributed by atoms with van der Waals surface area (Å²) in [7, 11) is 0. The van der Waals surface area contributed by atoms with Gasteiger partial charge in [0.15, 0.2) is 5.82 Å². The average molecular weight is 340 g/mol. The van der Waals surface area contributed by atoms with Crippen LogP contribution in [0, 0.1) is 13.8 Å². The van der Waals surface area contributed by atoms with Gasteiger partial charge < -0.3 is 9.42 Å². The number of hydrogen-bond acceptors (Lipinski definition) is 5. The highest BCUT2D eigenvalue weighted by Crippen LogP contribution is 2.33. The highest BCUT2D eigenvalue weighted by molar-refractivity contribution is 5.95. The number of amides is 1. The number of carbonyl (C=O) groups is 1. The number of alkyl halides is 3. The van der Waals surface area contributed by atoms with Crippen molar-refractivity contribution in [3.05, 3.63) is 40.8 Å². The normalized spacial score (nSPS) is 18.2. The second-order valence-corrected chi connectivity index (χ2v) is 5.66. The van der Waals surface area contributed by atoms with Crippen molar-refractivity contribution in [2.24, 2.45) is 0 Å². The molecule has 24 heavy (non-hydrogen) atoms. The number of aromatic nitrogens is 3. The molecule has 0 radical (unpaired) electrons. The lowest BCUT2D eigenvalue weighted by molar-refractivity contribution is -0.141. The number of nitrogens with zero attached hydrogens (tertiary/aromatic N) is 4. The number of carbonyl (C=O) groups excluding carboxylic acids is 1. The molecule has 1 unspecified atom stereocenters. The van der Waals surface area contributed by atoms with Crippen LogP contribution in [0.3, 0.4) is 0 Å². The number of likely N-dealkylation sites (tertiary alicyclic amines) is 1. The fourth-order valence-electron chi connectivity index (χ4n) is 2.83. The second-order valence-electron chi connectivity index (χ2n) is 5.66. The first-order valence-corrected chi connectivity index (χ1v) is 7.43. The zero-order valence-electron chi connectivity index (χ0n) is 13.1. The molecular formula is C15H15F3N4O2. The van der Waals surface area contributed by atoms with Crippen LogP contribution in [0.4, 0.5) is 13.2 Å². The molecular weight excluding hydrogens is 325 g/mol. The minimum atomic E-state index is -4.54. The van der Waals surface area contributed by atoms with Gasteiger partial charge in [0.05, 0.1) is 17.3 Å². The Bertz CT molecular complexity index is 772. The number of pyridine rings is 1. The lowest BCUT2D eigenvalue weighted by atomic mass is 10.1. The van der Waals surface area contributed by atoms with Crippen molar-refractivity contribution in [2.45, 2.75) is 38.9 Å². The van der Waals surface area contributed by atoms with Crippen LogP contribution >= 0.6 is 0 Å². The molecule has 1 saturated heterocycles. The molecule has 1 fully saturated rings. The van der Waals surface area contributed by atoms with E-state index < -0.39 is 11.9 Å². The van der Waals surface area contributed by atoms with Gasteiger partial charge in [-0.2, -0.15) is 18.2 Å². The molecule has 2 aromatic rings. The van der Waals surface area contributed by atoms with Crippen LogP contribution in [-0.2, 0) is 6.18 Å². The third-order valence-corrected chi connectivity index (χ3v) is 3.96. The minimum Gasteiger partial charge on any atom is -0.340 e. The first-order valence-electron chi connectivity index (χ1n) is 7.43. The third kappa shape index (κ3) is 2.98. The van der Waals surface area contributed by atoms with Gasteiger partial charge >= 0.3 is 6.18 Å². The Labute approximate surface area is 135 Å². The number of halogens is 3. The Kier molecular flexibility index (Phi) is 4.02. The molecule has 0 bridgehead atoms. The number of hydrogen-bond donors (Lipinski definition) is 0. The predicted octanol–water partition coefficient (Wildman–Crippen LogP) is 3.08. The fourth-order valence-corrected chi connectivity index (χ4v) is 2.83. The molecule has 3 heterocycles. The molecule has 0 saturated carbocycles. The van der Waals surface area contributed by atoms with Gasteiger partial charge in [-0.15, -0.1) is 0 Å². The molecule has 0 aliphatic carbocycles. The predicted molar refractivity (Wildman–Crippen MR) is 76.0 cm³/mol. The van der Waals surface area contributed by atoms with Gasteiger partial charge in [-0.25, -0.2) is 4.98 Å². The molecule has 0 N–H and O–H groups in total. The van der Waals surface area contributed by atoms with E-state index in [0.29, 0.717) is 24.7 Å². The van der Waals surface area contributed by atoms with Gasteiger partial charge in [0.1, 0.15) is 5.69 Å². The maximum Gasteiger partial charge on any atom is 0.433 e. The molecule has 3 rings (SSSR count). The number of rotatable bonds is 2. The quantitative estimate of drug-likeness (QED) is 0.840. The Hall–Kier alpha value is -2.45. The monoisotopic (exact) mass is 340 g/mol. The number of aryl methyl sites for hydroxylation is 2. The minimum absolute atomic E-state index is 0.0461. The van der Waals surface area contributed by atoms with Crippen molar-refractivity contribution in [3.8, 4) is 0 Å². The summed E-state index contributed by atoms with van der Waals surface area (Å²) in [4.78, 5) is 22.0. The van der Waals surface area contributed by atoms with Crippen molar-refractivity contribution in [1.82, 2.24) is 20.0 Å². The molecule has 128 valence electrons. The van der Waals surface area contributed by atoms with E-state index in [2.05, 4.69) is 15.1 Å². The summed E-state index contributed by atoms with van der Waals surface area (Å²) in [6.07, 6.45) is -3.10. The van der Waals surface area contributed by atoms with E-state index in [-0.39, 0.29) is 23.2 Å². The highest BCUT2D eigenvalue weighted by atomic mass is 19.4. The topological polar surface area (TPSA) is 72.1 Å². The van der Waals surface area contributed by atoms with Crippen LogP contribution in [0.1, 0.15) is 52.3 Å². The fraction of sp³-hybridized carbons (Fsp3) is 0.467. The van der Waals surface area contributed by atoms with Crippen LogP contribution in [0.25, 0.3) is 0 Å². The van der Waals surface area contributed by atoms with Crippen LogP contribution in [0.15, 0.2) is 16.7 Å². The van der Waals surface area contributed by atoms with Gasteiger partial charge in [0.2, 0.25) is 5.89 Å². The lowest BCUT2D eigenvalue weighted by Crippen LogP contribution is -2.32. The van der Waals surface area contributed by atoms with E-state index in [0.717, 1.165) is 12.5 Å². The Balaban J connectivity index is 1.88. The Morgan fingerprint density at radius 2 is 2.04 bits per heavy atom. The SMILES string of the molecule is Cc1nc(C2CCCN2C(=O)c2ccc(C(F)(F)F)nc2C)no1. The highest BCUT2D eigenvalue weighted by Gasteiger charge is 2.36. The zero-order valence-corrected chi connectivity index (χ0v) is 13.1. The molecule has 2 aromatic heterocycles. The molecule has 1 aliphatic heterocycles. The van der Waals surface area contributed by atoms with Crippen LogP contribution < -0.4 is 0 Å². The van der Waals surface area contributed by atoms with Crippen molar-refractivity contribution in [1.29, 1.82) is 0 Å². The summed E-state index contributed by atoms with van der Waals surface area (Å²) in [5.41, 5.74) is -0.816. The van der Waals surface area contributed by atoms with Crippen molar-refractivity contribution in [2.75, 3.05) is 6.54 Å². The maximum absolute atomic E-state index is 12.7. The van der Waals surface area contributed by atoms with Gasteiger partial charge in [0.25, 0.3) is 5.91 Å². The second kappa shape index (κ2) is 5.88. The molecule has 1 amide bonds. The summed E-state index contributed by atoms with van der Waals surface area (Å²) in [5, 5.41) is 3.85. The van der Waals surface area contributed by atoms with E-state index >= 15 is 0 Å². The lowest BCUT2D eigenvalue weighted by Gasteiger charge is -2.23. The Morgan fingerprint density at radius 3 is 2.62 bits per heavy atom. The molecule has 6 nitrogen and oxygen atoms in total. The Morgan fingerprint density at radius 1 is 1.29 bits per heavy atom. The average Bonchev–Trinajstić information content (AvgIpc) is 3.13. The van der Waals surface area contributed by atoms with Crippen molar-refractivity contribution in [3.63, 3.8) is 0 Å². The summed E-state index contributed by atoms with van der Waals surface area (Å²) < 4.78 is 43.1. The van der Waals surface area contributed by atoms with Crippen LogP contribution in [-0.4, -0.2) is 32.5 Å².